The average molecular weight is 718 g/mol. The van der Waals surface area contributed by atoms with Gasteiger partial charge in [0.25, 0.3) is 5.91 Å². The molecule has 0 spiro atoms. The lowest BCUT2D eigenvalue weighted by molar-refractivity contribution is -0.138. The summed E-state index contributed by atoms with van der Waals surface area (Å²) in [5, 5.41) is 24.8. The van der Waals surface area contributed by atoms with Crippen molar-refractivity contribution >= 4 is 29.1 Å². The number of aryl methyl sites for hydroxylation is 2. The molecular formula is C44H48ClN3O4. The Balaban J connectivity index is 1.02. The fourth-order valence-electron chi connectivity index (χ4n) is 8.54. The molecule has 1 saturated carbocycles. The van der Waals surface area contributed by atoms with E-state index in [4.69, 9.17) is 21.7 Å². The quantitative estimate of drug-likeness (QED) is 0.154. The number of aromatic nitrogens is 1. The highest BCUT2D eigenvalue weighted by Gasteiger charge is 2.29. The molecule has 2 heterocycles. The summed E-state index contributed by atoms with van der Waals surface area (Å²) < 4.78 is 0. The van der Waals surface area contributed by atoms with Gasteiger partial charge in [0.05, 0.1) is 17.8 Å². The van der Waals surface area contributed by atoms with E-state index in [9.17, 15) is 14.7 Å². The molecule has 0 bridgehead atoms. The summed E-state index contributed by atoms with van der Waals surface area (Å²) in [4.78, 5) is 32.0. The first-order chi connectivity index (χ1) is 25.3. The number of nitrogens with one attached hydrogen (secondary N) is 1. The van der Waals surface area contributed by atoms with Gasteiger partial charge in [-0.25, -0.2) is 0 Å². The molecular weight excluding hydrogens is 670 g/mol. The van der Waals surface area contributed by atoms with Crippen molar-refractivity contribution in [2.45, 2.75) is 82.3 Å². The number of pyridine rings is 1. The molecule has 2 fully saturated rings. The molecule has 3 aromatic carbocycles. The third-order valence-electron chi connectivity index (χ3n) is 11.4. The van der Waals surface area contributed by atoms with E-state index in [2.05, 4.69) is 28.4 Å². The topological polar surface area (TPSA) is 103 Å². The van der Waals surface area contributed by atoms with Gasteiger partial charge in [0.15, 0.2) is 0 Å². The Bertz CT molecular complexity index is 1890. The second-order valence-electron chi connectivity index (χ2n) is 14.9. The highest BCUT2D eigenvalue weighted by atomic mass is 35.5. The van der Waals surface area contributed by atoms with Gasteiger partial charge in [-0.15, -0.1) is 0 Å². The zero-order chi connectivity index (χ0) is 36.0. The second kappa shape index (κ2) is 16.6. The minimum atomic E-state index is -0.762. The number of halogens is 1. The second-order valence-corrected chi connectivity index (χ2v) is 15.3. The molecule has 3 N–H and O–H groups in total. The standard InChI is InChI=1S/C44H48ClN3O4/c45-37-18-19-38-36(27-37)17-14-34-7-4-22-46-43(34)42(38)33-20-23-48(24-21-33)28-40(49)39(25-29-5-2-1-3-6-29)47-44(52)35-15-12-32(13-16-35)31-10-8-30(9-11-31)26-41(50)51/h1-7,12-13,15-16,18-19,22,27,30-31,39-40,49H,8-11,14,17,20-21,23-26,28H2,(H,47,52)(H,50,51). The van der Waals surface area contributed by atoms with Crippen LogP contribution in [0.2, 0.25) is 5.02 Å². The van der Waals surface area contributed by atoms with Gasteiger partial charge in [0.1, 0.15) is 0 Å². The number of carbonyl (C=O) groups is 2. The van der Waals surface area contributed by atoms with E-state index in [0.717, 1.165) is 80.7 Å². The Morgan fingerprint density at radius 2 is 1.60 bits per heavy atom. The number of fused-ring (bicyclic) bond motifs is 2. The molecule has 7 rings (SSSR count). The number of carboxylic acid groups (broad SMARTS) is 1. The lowest BCUT2D eigenvalue weighted by Gasteiger charge is -2.34. The van der Waals surface area contributed by atoms with Crippen LogP contribution in [0.25, 0.3) is 5.57 Å². The fourth-order valence-corrected chi connectivity index (χ4v) is 8.73. The van der Waals surface area contributed by atoms with E-state index in [1.165, 1.54) is 33.4 Å². The Morgan fingerprint density at radius 1 is 0.865 bits per heavy atom. The number of aliphatic carboxylic acids is 1. The molecule has 1 amide bonds. The minimum Gasteiger partial charge on any atom is -0.481 e. The number of carbonyl (C=O) groups excluding carboxylic acids is 1. The normalized spacial score (nSPS) is 20.3. The third kappa shape index (κ3) is 8.66. The molecule has 8 heteroatoms. The first-order valence-corrected chi connectivity index (χ1v) is 19.2. The lowest BCUT2D eigenvalue weighted by Crippen LogP contribution is -2.50. The highest BCUT2D eigenvalue weighted by Crippen LogP contribution is 2.39. The monoisotopic (exact) mass is 717 g/mol. The first kappa shape index (κ1) is 36.1. The molecule has 52 heavy (non-hydrogen) atoms. The Morgan fingerprint density at radius 3 is 2.33 bits per heavy atom. The SMILES string of the molecule is O=C(O)CC1CCC(c2ccc(C(=O)NC(Cc3ccccc3)C(O)CN3CCC(=C4c5ccc(Cl)cc5CCc5cccnc54)CC3)cc2)CC1. The van der Waals surface area contributed by atoms with Crippen molar-refractivity contribution in [2.24, 2.45) is 5.92 Å². The summed E-state index contributed by atoms with van der Waals surface area (Å²) in [5.41, 5.74) is 10.3. The van der Waals surface area contributed by atoms with Crippen LogP contribution in [0.1, 0.15) is 94.7 Å². The maximum absolute atomic E-state index is 13.6. The van der Waals surface area contributed by atoms with Gasteiger partial charge in [-0.05, 0) is 128 Å². The smallest absolute Gasteiger partial charge is 0.303 e. The molecule has 1 saturated heterocycles. The number of benzene rings is 3. The number of carboxylic acids is 1. The van der Waals surface area contributed by atoms with Crippen molar-refractivity contribution in [2.75, 3.05) is 19.6 Å². The van der Waals surface area contributed by atoms with Gasteiger partial charge in [0.2, 0.25) is 0 Å². The number of hydrogen-bond acceptors (Lipinski definition) is 5. The Hall–Kier alpha value is -4.30. The van der Waals surface area contributed by atoms with Crippen LogP contribution in [0.15, 0.2) is 96.7 Å². The number of likely N-dealkylation sites (tertiary alicyclic amines) is 1. The zero-order valence-electron chi connectivity index (χ0n) is 29.6. The summed E-state index contributed by atoms with van der Waals surface area (Å²) in [6.07, 6.45) is 9.29. The number of amides is 1. The summed E-state index contributed by atoms with van der Waals surface area (Å²) in [6, 6.07) is 27.8. The van der Waals surface area contributed by atoms with E-state index in [1.54, 1.807) is 0 Å². The van der Waals surface area contributed by atoms with E-state index in [0.29, 0.717) is 24.4 Å². The average Bonchev–Trinajstić information content (AvgIpc) is 3.32. The van der Waals surface area contributed by atoms with Crippen LogP contribution >= 0.6 is 11.6 Å². The summed E-state index contributed by atoms with van der Waals surface area (Å²) >= 11 is 6.43. The van der Waals surface area contributed by atoms with Crippen LogP contribution in [0.5, 0.6) is 0 Å². The maximum atomic E-state index is 13.6. The van der Waals surface area contributed by atoms with Crippen LogP contribution in [0.3, 0.4) is 0 Å². The zero-order valence-corrected chi connectivity index (χ0v) is 30.4. The number of rotatable bonds is 10. The Labute approximate surface area is 311 Å². The van der Waals surface area contributed by atoms with Crippen molar-refractivity contribution in [1.82, 2.24) is 15.2 Å². The predicted molar refractivity (Wildman–Crippen MR) is 206 cm³/mol. The number of hydrogen-bond donors (Lipinski definition) is 3. The molecule has 7 nitrogen and oxygen atoms in total. The molecule has 2 unspecified atom stereocenters. The van der Waals surface area contributed by atoms with Gasteiger partial charge in [0, 0.05) is 48.4 Å². The van der Waals surface area contributed by atoms with Crippen LogP contribution in [-0.4, -0.2) is 63.8 Å². The van der Waals surface area contributed by atoms with Gasteiger partial charge in [-0.2, -0.15) is 0 Å². The summed E-state index contributed by atoms with van der Waals surface area (Å²) in [7, 11) is 0. The molecule has 2 aliphatic carbocycles. The minimum absolute atomic E-state index is 0.194. The van der Waals surface area contributed by atoms with E-state index >= 15 is 0 Å². The molecule has 3 aliphatic rings. The third-order valence-corrected chi connectivity index (χ3v) is 11.7. The fraction of sp³-hybridized carbons (Fsp3) is 0.386. The lowest BCUT2D eigenvalue weighted by atomic mass is 9.77. The van der Waals surface area contributed by atoms with Crippen LogP contribution < -0.4 is 5.32 Å². The molecule has 270 valence electrons. The van der Waals surface area contributed by atoms with Crippen molar-refractivity contribution in [3.63, 3.8) is 0 Å². The number of piperidine rings is 1. The predicted octanol–water partition coefficient (Wildman–Crippen LogP) is 7.88. The molecule has 1 aliphatic heterocycles. The van der Waals surface area contributed by atoms with Crippen LogP contribution in [0.4, 0.5) is 0 Å². The molecule has 0 radical (unpaired) electrons. The van der Waals surface area contributed by atoms with E-state index in [1.807, 2.05) is 72.9 Å². The number of β-amino-alcohol motifs (C(OH)–C–C–N with tert-alkyl or cyclic N) is 1. The number of aliphatic hydroxyl groups is 1. The Kier molecular flexibility index (Phi) is 11.5. The van der Waals surface area contributed by atoms with Crippen molar-refractivity contribution in [1.29, 1.82) is 0 Å². The van der Waals surface area contributed by atoms with Gasteiger partial charge in [-0.3, -0.25) is 14.6 Å². The van der Waals surface area contributed by atoms with Crippen molar-refractivity contribution < 1.29 is 19.8 Å². The van der Waals surface area contributed by atoms with Crippen molar-refractivity contribution in [3.05, 3.63) is 141 Å². The van der Waals surface area contributed by atoms with Crippen LogP contribution in [0, 0.1) is 5.92 Å². The highest BCUT2D eigenvalue weighted by molar-refractivity contribution is 6.30. The van der Waals surface area contributed by atoms with Gasteiger partial charge < -0.3 is 20.4 Å². The van der Waals surface area contributed by atoms with Crippen LogP contribution in [-0.2, 0) is 24.1 Å². The van der Waals surface area contributed by atoms with E-state index in [-0.39, 0.29) is 18.2 Å². The number of aliphatic hydroxyl groups excluding tert-OH is 1. The van der Waals surface area contributed by atoms with Gasteiger partial charge in [-0.1, -0.05) is 71.8 Å². The summed E-state index contributed by atoms with van der Waals surface area (Å²) in [6.45, 7) is 2.09. The summed E-state index contributed by atoms with van der Waals surface area (Å²) in [5.74, 6) is -0.271. The van der Waals surface area contributed by atoms with Gasteiger partial charge >= 0.3 is 5.97 Å². The van der Waals surface area contributed by atoms with E-state index < -0.39 is 18.1 Å². The number of nitrogens with zero attached hydrogens (tertiary/aromatic N) is 2. The first-order valence-electron chi connectivity index (χ1n) is 18.8. The maximum Gasteiger partial charge on any atom is 0.303 e. The molecule has 4 aromatic rings. The molecule has 2 atom stereocenters. The molecule has 1 aromatic heterocycles. The largest absolute Gasteiger partial charge is 0.481 e. The van der Waals surface area contributed by atoms with Crippen molar-refractivity contribution in [3.8, 4) is 0 Å².